The van der Waals surface area contributed by atoms with Gasteiger partial charge in [-0.15, -0.1) is 0 Å². The fourth-order valence-electron chi connectivity index (χ4n) is 2.67. The number of carbonyl (C=O) groups is 1. The van der Waals surface area contributed by atoms with Gasteiger partial charge in [-0.05, 0) is 42.2 Å². The SMILES string of the molecule is CC(C)(C)c1ccc(C(C(=O)O)=C2CCCC2)cc1. The molecule has 1 aliphatic rings. The molecule has 0 amide bonds. The first-order valence-corrected chi connectivity index (χ1v) is 6.96. The molecule has 0 heterocycles. The highest BCUT2D eigenvalue weighted by molar-refractivity contribution is 6.16. The molecule has 0 aliphatic heterocycles. The summed E-state index contributed by atoms with van der Waals surface area (Å²) in [5.41, 5.74) is 3.81. The summed E-state index contributed by atoms with van der Waals surface area (Å²) in [5, 5.41) is 9.46. The molecule has 2 heteroatoms. The van der Waals surface area contributed by atoms with Crippen LogP contribution in [0, 0.1) is 0 Å². The van der Waals surface area contributed by atoms with Gasteiger partial charge >= 0.3 is 5.97 Å². The van der Waals surface area contributed by atoms with Gasteiger partial charge in [0.15, 0.2) is 0 Å². The third kappa shape index (κ3) is 3.06. The van der Waals surface area contributed by atoms with Crippen molar-refractivity contribution < 1.29 is 9.90 Å². The second-order valence-electron chi connectivity index (χ2n) is 6.32. The van der Waals surface area contributed by atoms with E-state index in [1.807, 2.05) is 24.3 Å². The summed E-state index contributed by atoms with van der Waals surface area (Å²) in [6.45, 7) is 6.49. The van der Waals surface area contributed by atoms with Crippen molar-refractivity contribution in [2.75, 3.05) is 0 Å². The van der Waals surface area contributed by atoms with Crippen molar-refractivity contribution in [3.63, 3.8) is 0 Å². The number of hydrogen-bond donors (Lipinski definition) is 1. The molecule has 0 atom stereocenters. The topological polar surface area (TPSA) is 37.3 Å². The maximum absolute atomic E-state index is 11.5. The number of aliphatic carboxylic acids is 1. The lowest BCUT2D eigenvalue weighted by molar-refractivity contribution is -0.130. The summed E-state index contributed by atoms with van der Waals surface area (Å²) in [6, 6.07) is 8.01. The lowest BCUT2D eigenvalue weighted by atomic mass is 9.86. The molecule has 1 saturated carbocycles. The van der Waals surface area contributed by atoms with Gasteiger partial charge in [0.25, 0.3) is 0 Å². The van der Waals surface area contributed by atoms with Crippen LogP contribution in [-0.4, -0.2) is 11.1 Å². The van der Waals surface area contributed by atoms with Gasteiger partial charge < -0.3 is 5.11 Å². The normalized spacial score (nSPS) is 15.6. The summed E-state index contributed by atoms with van der Waals surface area (Å²) in [6.07, 6.45) is 4.10. The Hall–Kier alpha value is -1.57. The number of allylic oxidation sites excluding steroid dienone is 1. The Morgan fingerprint density at radius 2 is 1.58 bits per heavy atom. The number of carboxylic acids is 1. The number of benzene rings is 1. The standard InChI is InChI=1S/C17H22O2/c1-17(2,3)14-10-8-13(9-11-14)15(16(18)19)12-6-4-5-7-12/h8-11H,4-7H2,1-3H3,(H,18,19). The van der Waals surface area contributed by atoms with Gasteiger partial charge in [0.1, 0.15) is 0 Å². The number of rotatable bonds is 2. The average molecular weight is 258 g/mol. The quantitative estimate of drug-likeness (QED) is 0.798. The van der Waals surface area contributed by atoms with E-state index in [2.05, 4.69) is 20.8 Å². The predicted molar refractivity (Wildman–Crippen MR) is 78.2 cm³/mol. The zero-order chi connectivity index (χ0) is 14.0. The Labute approximate surface area is 115 Å². The molecule has 19 heavy (non-hydrogen) atoms. The average Bonchev–Trinajstić information content (AvgIpc) is 2.82. The van der Waals surface area contributed by atoms with E-state index in [-0.39, 0.29) is 5.41 Å². The fraction of sp³-hybridized carbons (Fsp3) is 0.471. The minimum absolute atomic E-state index is 0.0996. The molecule has 1 aliphatic carbocycles. The second-order valence-corrected chi connectivity index (χ2v) is 6.32. The Kier molecular flexibility index (Phi) is 3.79. The van der Waals surface area contributed by atoms with Gasteiger partial charge in [-0.3, -0.25) is 0 Å². The van der Waals surface area contributed by atoms with Gasteiger partial charge in [0, 0.05) is 0 Å². The summed E-state index contributed by atoms with van der Waals surface area (Å²) in [5.74, 6) is -0.791. The molecule has 0 unspecified atom stereocenters. The molecule has 102 valence electrons. The lowest BCUT2D eigenvalue weighted by Gasteiger charge is -2.19. The molecule has 1 N–H and O–H groups in total. The third-order valence-electron chi connectivity index (χ3n) is 3.81. The van der Waals surface area contributed by atoms with Crippen LogP contribution >= 0.6 is 0 Å². The first kappa shape index (κ1) is 13.9. The molecule has 0 radical (unpaired) electrons. The minimum Gasteiger partial charge on any atom is -0.478 e. The fourth-order valence-corrected chi connectivity index (χ4v) is 2.67. The smallest absolute Gasteiger partial charge is 0.336 e. The molecule has 0 aromatic heterocycles. The highest BCUT2D eigenvalue weighted by Gasteiger charge is 2.20. The molecule has 0 bridgehead atoms. The van der Waals surface area contributed by atoms with Crippen LogP contribution in [-0.2, 0) is 10.2 Å². The van der Waals surface area contributed by atoms with Gasteiger partial charge in [-0.2, -0.15) is 0 Å². The van der Waals surface area contributed by atoms with Crippen molar-refractivity contribution in [3.8, 4) is 0 Å². The van der Waals surface area contributed by atoms with Crippen LogP contribution in [0.1, 0.15) is 57.6 Å². The van der Waals surface area contributed by atoms with Crippen molar-refractivity contribution in [2.24, 2.45) is 0 Å². The summed E-state index contributed by atoms with van der Waals surface area (Å²) in [7, 11) is 0. The molecule has 2 nitrogen and oxygen atoms in total. The van der Waals surface area contributed by atoms with Crippen molar-refractivity contribution in [2.45, 2.75) is 51.9 Å². The highest BCUT2D eigenvalue weighted by Crippen LogP contribution is 2.33. The van der Waals surface area contributed by atoms with Crippen molar-refractivity contribution in [1.29, 1.82) is 0 Å². The van der Waals surface area contributed by atoms with Crippen LogP contribution < -0.4 is 0 Å². The van der Waals surface area contributed by atoms with E-state index in [1.54, 1.807) is 0 Å². The van der Waals surface area contributed by atoms with Crippen molar-refractivity contribution in [1.82, 2.24) is 0 Å². The van der Waals surface area contributed by atoms with Gasteiger partial charge in [-0.1, -0.05) is 50.6 Å². The monoisotopic (exact) mass is 258 g/mol. The first-order chi connectivity index (χ1) is 8.89. The van der Waals surface area contributed by atoms with E-state index in [4.69, 9.17) is 0 Å². The maximum atomic E-state index is 11.5. The molecule has 0 saturated heterocycles. The van der Waals surface area contributed by atoms with Crippen LogP contribution in [0.15, 0.2) is 29.8 Å². The lowest BCUT2D eigenvalue weighted by Crippen LogP contribution is -2.11. The zero-order valence-corrected chi connectivity index (χ0v) is 12.0. The van der Waals surface area contributed by atoms with Gasteiger partial charge in [0.05, 0.1) is 5.57 Å². The Morgan fingerprint density at radius 3 is 2.00 bits per heavy atom. The van der Waals surface area contributed by atoms with Crippen molar-refractivity contribution >= 4 is 11.5 Å². The molecular weight excluding hydrogens is 236 g/mol. The summed E-state index contributed by atoms with van der Waals surface area (Å²) < 4.78 is 0. The molecular formula is C17H22O2. The van der Waals surface area contributed by atoms with Crippen molar-refractivity contribution in [3.05, 3.63) is 41.0 Å². The Morgan fingerprint density at radius 1 is 1.05 bits per heavy atom. The number of carboxylic acid groups (broad SMARTS) is 1. The predicted octanol–water partition coefficient (Wildman–Crippen LogP) is 4.40. The molecule has 1 fully saturated rings. The van der Waals surface area contributed by atoms with E-state index in [9.17, 15) is 9.90 Å². The van der Waals surface area contributed by atoms with Gasteiger partial charge in [-0.25, -0.2) is 4.79 Å². The molecule has 1 aromatic rings. The number of hydrogen-bond acceptors (Lipinski definition) is 1. The van der Waals surface area contributed by atoms with Crippen LogP contribution in [0.2, 0.25) is 0 Å². The van der Waals surface area contributed by atoms with E-state index >= 15 is 0 Å². The molecule has 2 rings (SSSR count). The zero-order valence-electron chi connectivity index (χ0n) is 12.0. The van der Waals surface area contributed by atoms with E-state index < -0.39 is 5.97 Å². The second kappa shape index (κ2) is 5.20. The van der Waals surface area contributed by atoms with Crippen LogP contribution in [0.25, 0.3) is 5.57 Å². The van der Waals surface area contributed by atoms with E-state index in [0.717, 1.165) is 36.8 Å². The highest BCUT2D eigenvalue weighted by atomic mass is 16.4. The van der Waals surface area contributed by atoms with Crippen LogP contribution in [0.4, 0.5) is 0 Å². The largest absolute Gasteiger partial charge is 0.478 e. The van der Waals surface area contributed by atoms with Crippen LogP contribution in [0.5, 0.6) is 0 Å². The van der Waals surface area contributed by atoms with E-state index in [0.29, 0.717) is 5.57 Å². The van der Waals surface area contributed by atoms with E-state index in [1.165, 1.54) is 5.56 Å². The van der Waals surface area contributed by atoms with Gasteiger partial charge in [0.2, 0.25) is 0 Å². The summed E-state index contributed by atoms with van der Waals surface area (Å²) >= 11 is 0. The first-order valence-electron chi connectivity index (χ1n) is 6.96. The molecule has 0 spiro atoms. The molecule has 1 aromatic carbocycles. The Bertz CT molecular complexity index is 493. The summed E-state index contributed by atoms with van der Waals surface area (Å²) in [4.78, 5) is 11.5. The maximum Gasteiger partial charge on any atom is 0.336 e. The minimum atomic E-state index is -0.791. The third-order valence-corrected chi connectivity index (χ3v) is 3.81. The van der Waals surface area contributed by atoms with Crippen LogP contribution in [0.3, 0.4) is 0 Å². The Balaban J connectivity index is 2.39.